The maximum Gasteiger partial charge on any atom is 0.191 e. The minimum Gasteiger partial charge on any atom is -0.369 e. The van der Waals surface area contributed by atoms with E-state index in [0.29, 0.717) is 6.04 Å². The molecule has 6 nitrogen and oxygen atoms in total. The Morgan fingerprint density at radius 2 is 1.82 bits per heavy atom. The number of nitrogens with zero attached hydrogens (tertiary/aromatic N) is 4. The molecule has 2 heterocycles. The van der Waals surface area contributed by atoms with Crippen LogP contribution in [0, 0.1) is 6.92 Å². The summed E-state index contributed by atoms with van der Waals surface area (Å²) in [6, 6.07) is 9.30. The third-order valence-corrected chi connectivity index (χ3v) is 5.94. The fourth-order valence-corrected chi connectivity index (χ4v) is 3.99. The minimum atomic E-state index is 0.456. The zero-order chi connectivity index (χ0) is 19.8. The van der Waals surface area contributed by atoms with Gasteiger partial charge in [0.25, 0.3) is 0 Å². The summed E-state index contributed by atoms with van der Waals surface area (Å²) in [5.41, 5.74) is 2.64. The lowest BCUT2D eigenvalue weighted by atomic mass is 10.2. The third-order valence-electron chi connectivity index (χ3n) is 5.94. The predicted octanol–water partition coefficient (Wildman–Crippen LogP) is 1.77. The molecule has 2 aliphatic heterocycles. The van der Waals surface area contributed by atoms with Crippen LogP contribution in [-0.2, 0) is 0 Å². The molecule has 0 bridgehead atoms. The van der Waals surface area contributed by atoms with Gasteiger partial charge in [-0.05, 0) is 51.9 Å². The Labute approximate surface area is 171 Å². The number of piperazine rings is 1. The first-order valence-electron chi connectivity index (χ1n) is 10.8. The van der Waals surface area contributed by atoms with E-state index in [-0.39, 0.29) is 0 Å². The van der Waals surface area contributed by atoms with Gasteiger partial charge >= 0.3 is 0 Å². The minimum absolute atomic E-state index is 0.456. The summed E-state index contributed by atoms with van der Waals surface area (Å²) in [4.78, 5) is 11.9. The number of aryl methyl sites for hydroxylation is 1. The quantitative estimate of drug-likeness (QED) is 0.425. The van der Waals surface area contributed by atoms with E-state index in [4.69, 9.17) is 0 Å². The van der Waals surface area contributed by atoms with Gasteiger partial charge in [0.05, 0.1) is 0 Å². The van der Waals surface area contributed by atoms with Crippen molar-refractivity contribution in [1.29, 1.82) is 0 Å². The third kappa shape index (κ3) is 6.38. The molecule has 156 valence electrons. The molecule has 0 amide bonds. The number of guanidine groups is 1. The average molecular weight is 387 g/mol. The molecule has 0 aliphatic carbocycles. The van der Waals surface area contributed by atoms with E-state index in [2.05, 4.69) is 68.6 Å². The van der Waals surface area contributed by atoms with E-state index in [9.17, 15) is 0 Å². The number of aliphatic imine (C=N–C) groups is 1. The van der Waals surface area contributed by atoms with Gasteiger partial charge in [-0.2, -0.15) is 0 Å². The molecule has 0 spiro atoms. The fraction of sp³-hybridized carbons (Fsp3) is 0.682. The highest BCUT2D eigenvalue weighted by atomic mass is 15.3. The van der Waals surface area contributed by atoms with Crippen LogP contribution in [0.15, 0.2) is 29.3 Å². The van der Waals surface area contributed by atoms with E-state index in [0.717, 1.165) is 32.0 Å². The summed E-state index contributed by atoms with van der Waals surface area (Å²) in [5.74, 6) is 0.940. The Morgan fingerprint density at radius 3 is 2.54 bits per heavy atom. The lowest BCUT2D eigenvalue weighted by Crippen LogP contribution is -2.45. The molecule has 2 N–H and O–H groups in total. The highest BCUT2D eigenvalue weighted by molar-refractivity contribution is 5.80. The van der Waals surface area contributed by atoms with Crippen LogP contribution in [0.4, 0.5) is 5.69 Å². The molecule has 2 aliphatic rings. The largest absolute Gasteiger partial charge is 0.369 e. The van der Waals surface area contributed by atoms with Crippen LogP contribution in [0.25, 0.3) is 0 Å². The molecule has 28 heavy (non-hydrogen) atoms. The van der Waals surface area contributed by atoms with Crippen molar-refractivity contribution >= 4 is 11.6 Å². The first-order chi connectivity index (χ1) is 13.6. The Hall–Kier alpha value is -1.79. The number of benzene rings is 1. The molecule has 1 aromatic rings. The Balaban J connectivity index is 1.31. The van der Waals surface area contributed by atoms with Crippen LogP contribution in [0.1, 0.15) is 24.8 Å². The number of nitrogens with one attached hydrogen (secondary N) is 2. The van der Waals surface area contributed by atoms with E-state index < -0.39 is 0 Å². The van der Waals surface area contributed by atoms with Crippen LogP contribution in [0.5, 0.6) is 0 Å². The lowest BCUT2D eigenvalue weighted by molar-refractivity contribution is 0.152. The van der Waals surface area contributed by atoms with Gasteiger partial charge in [0.2, 0.25) is 0 Å². The van der Waals surface area contributed by atoms with Gasteiger partial charge in [0, 0.05) is 64.6 Å². The maximum absolute atomic E-state index is 4.42. The maximum atomic E-state index is 4.42. The van der Waals surface area contributed by atoms with Crippen LogP contribution < -0.4 is 15.5 Å². The normalized spacial score (nSPS) is 21.9. The lowest BCUT2D eigenvalue weighted by Gasteiger charge is -2.32. The van der Waals surface area contributed by atoms with E-state index in [1.165, 1.54) is 56.8 Å². The van der Waals surface area contributed by atoms with Crippen molar-refractivity contribution in [3.63, 3.8) is 0 Å². The molecule has 2 saturated heterocycles. The molecule has 3 rings (SSSR count). The summed E-state index contributed by atoms with van der Waals surface area (Å²) in [7, 11) is 4.08. The molecular formula is C22H38N6. The van der Waals surface area contributed by atoms with Crippen molar-refractivity contribution in [1.82, 2.24) is 20.4 Å². The van der Waals surface area contributed by atoms with Gasteiger partial charge in [-0.15, -0.1) is 0 Å². The Bertz CT molecular complexity index is 606. The second-order valence-corrected chi connectivity index (χ2v) is 8.26. The molecule has 1 atom stereocenters. The topological polar surface area (TPSA) is 46.1 Å². The van der Waals surface area contributed by atoms with Gasteiger partial charge in [-0.25, -0.2) is 0 Å². The van der Waals surface area contributed by atoms with Crippen LogP contribution >= 0.6 is 0 Å². The molecular weight excluding hydrogens is 348 g/mol. The highest BCUT2D eigenvalue weighted by Crippen LogP contribution is 2.20. The molecule has 0 aromatic heterocycles. The summed E-state index contributed by atoms with van der Waals surface area (Å²) >= 11 is 0. The van der Waals surface area contributed by atoms with Gasteiger partial charge in [0.15, 0.2) is 5.96 Å². The second kappa shape index (κ2) is 10.7. The van der Waals surface area contributed by atoms with Crippen molar-refractivity contribution < 1.29 is 0 Å². The molecule has 0 radical (unpaired) electrons. The number of hydrogen-bond donors (Lipinski definition) is 2. The van der Waals surface area contributed by atoms with Crippen LogP contribution in [0.3, 0.4) is 0 Å². The van der Waals surface area contributed by atoms with E-state index >= 15 is 0 Å². The Morgan fingerprint density at radius 1 is 1.07 bits per heavy atom. The number of hydrogen-bond acceptors (Lipinski definition) is 4. The average Bonchev–Trinajstić information content (AvgIpc) is 3.17. The summed E-state index contributed by atoms with van der Waals surface area (Å²) in [6.45, 7) is 11.3. The Kier molecular flexibility index (Phi) is 7.98. The first-order valence-corrected chi connectivity index (χ1v) is 10.8. The van der Waals surface area contributed by atoms with Crippen molar-refractivity contribution in [2.45, 2.75) is 32.2 Å². The highest BCUT2D eigenvalue weighted by Gasteiger charge is 2.23. The zero-order valence-electron chi connectivity index (χ0n) is 18.0. The fourth-order valence-electron chi connectivity index (χ4n) is 3.99. The number of unbranched alkanes of at least 4 members (excludes halogenated alkanes) is 1. The molecule has 0 saturated carbocycles. The molecule has 2 fully saturated rings. The number of rotatable bonds is 7. The van der Waals surface area contributed by atoms with Gasteiger partial charge in [-0.1, -0.05) is 17.7 Å². The molecule has 1 aromatic carbocycles. The summed E-state index contributed by atoms with van der Waals surface area (Å²) in [6.07, 6.45) is 3.59. The van der Waals surface area contributed by atoms with Crippen molar-refractivity contribution in [2.24, 2.45) is 4.99 Å². The molecule has 1 unspecified atom stereocenters. The SMILES string of the molecule is CN=C(NCCCCN1CCN(C)CC1)NC1CCN(c2ccc(C)cc2)C1. The zero-order valence-corrected chi connectivity index (χ0v) is 18.0. The van der Waals surface area contributed by atoms with Gasteiger partial charge < -0.3 is 25.3 Å². The van der Waals surface area contributed by atoms with Gasteiger partial charge in [-0.3, -0.25) is 4.99 Å². The second-order valence-electron chi connectivity index (χ2n) is 8.26. The van der Waals surface area contributed by atoms with Crippen molar-refractivity contribution in [3.8, 4) is 0 Å². The van der Waals surface area contributed by atoms with Crippen molar-refractivity contribution in [3.05, 3.63) is 29.8 Å². The summed E-state index contributed by atoms with van der Waals surface area (Å²) in [5, 5.41) is 7.10. The predicted molar refractivity (Wildman–Crippen MR) is 119 cm³/mol. The van der Waals surface area contributed by atoms with E-state index in [1.54, 1.807) is 0 Å². The standard InChI is InChI=1S/C22H38N6/c1-19-6-8-21(9-7-19)28-13-10-20(18-28)25-22(23-2)24-11-4-5-12-27-16-14-26(3)15-17-27/h6-9,20H,4-5,10-18H2,1-3H3,(H2,23,24,25). The first kappa shape index (κ1) is 20.9. The van der Waals surface area contributed by atoms with E-state index in [1.807, 2.05) is 7.05 Å². The summed E-state index contributed by atoms with van der Waals surface area (Å²) < 4.78 is 0. The number of anilines is 1. The van der Waals surface area contributed by atoms with Crippen molar-refractivity contribution in [2.75, 3.05) is 71.4 Å². The molecule has 6 heteroatoms. The monoisotopic (exact) mass is 386 g/mol. The number of likely N-dealkylation sites (N-methyl/N-ethyl adjacent to an activating group) is 1. The smallest absolute Gasteiger partial charge is 0.191 e. The van der Waals surface area contributed by atoms with Crippen LogP contribution in [-0.4, -0.2) is 88.3 Å². The van der Waals surface area contributed by atoms with Crippen LogP contribution in [0.2, 0.25) is 0 Å². The van der Waals surface area contributed by atoms with Gasteiger partial charge in [0.1, 0.15) is 0 Å².